The molecule has 1 fully saturated rings. The summed E-state index contributed by atoms with van der Waals surface area (Å²) in [4.78, 5) is 16.0. The zero-order chi connectivity index (χ0) is 24.0. The van der Waals surface area contributed by atoms with Gasteiger partial charge in [-0.3, -0.25) is 9.88 Å². The van der Waals surface area contributed by atoms with Crippen LogP contribution in [0.3, 0.4) is 0 Å². The maximum Gasteiger partial charge on any atom is 0.163 e. The molecule has 35 heavy (non-hydrogen) atoms. The van der Waals surface area contributed by atoms with Crippen molar-refractivity contribution in [1.29, 1.82) is 0 Å². The molecule has 0 radical (unpaired) electrons. The summed E-state index contributed by atoms with van der Waals surface area (Å²) >= 11 is 5.99. The zero-order valence-electron chi connectivity index (χ0n) is 19.1. The molecule has 4 aromatic rings. The fraction of sp³-hybridized carbons (Fsp3) is 0.269. The summed E-state index contributed by atoms with van der Waals surface area (Å²) in [6, 6.07) is 13.9. The minimum absolute atomic E-state index is 0.0325. The van der Waals surface area contributed by atoms with Gasteiger partial charge in [0.2, 0.25) is 0 Å². The van der Waals surface area contributed by atoms with Crippen LogP contribution >= 0.6 is 11.6 Å². The molecule has 0 amide bonds. The number of fused-ring (bicyclic) bond motifs is 1. The number of hydrogen-bond donors (Lipinski definition) is 1. The van der Waals surface area contributed by atoms with Crippen molar-refractivity contribution in [1.82, 2.24) is 19.9 Å². The molecule has 2 aromatic carbocycles. The maximum atomic E-state index is 13.7. The average Bonchev–Trinajstić information content (AvgIpc) is 2.90. The van der Waals surface area contributed by atoms with Crippen molar-refractivity contribution in [3.05, 3.63) is 71.8 Å². The first kappa shape index (κ1) is 23.4. The number of rotatable bonds is 8. The summed E-state index contributed by atoms with van der Waals surface area (Å²) in [7, 11) is 0. The van der Waals surface area contributed by atoms with Crippen molar-refractivity contribution in [3.63, 3.8) is 0 Å². The van der Waals surface area contributed by atoms with Crippen LogP contribution in [0, 0.1) is 5.82 Å². The Bertz CT molecular complexity index is 1300. The van der Waals surface area contributed by atoms with Crippen LogP contribution < -0.4 is 10.1 Å². The smallest absolute Gasteiger partial charge is 0.163 e. The van der Waals surface area contributed by atoms with E-state index in [1.54, 1.807) is 18.5 Å². The molecule has 0 bridgehead atoms. The highest BCUT2D eigenvalue weighted by Gasteiger charge is 2.13. The van der Waals surface area contributed by atoms with E-state index >= 15 is 0 Å². The Labute approximate surface area is 207 Å². The first-order valence-electron chi connectivity index (χ1n) is 11.5. The van der Waals surface area contributed by atoms with Crippen LogP contribution in [0.4, 0.5) is 15.9 Å². The Morgan fingerprint density at radius 1 is 1.09 bits per heavy atom. The van der Waals surface area contributed by atoms with Crippen molar-refractivity contribution in [2.45, 2.75) is 6.42 Å². The van der Waals surface area contributed by atoms with E-state index in [-0.39, 0.29) is 5.02 Å². The number of aromatic nitrogens is 3. The van der Waals surface area contributed by atoms with Gasteiger partial charge in [-0.25, -0.2) is 14.4 Å². The van der Waals surface area contributed by atoms with Gasteiger partial charge in [-0.05, 0) is 55.0 Å². The van der Waals surface area contributed by atoms with E-state index in [2.05, 4.69) is 15.2 Å². The molecule has 0 unspecified atom stereocenters. The highest BCUT2D eigenvalue weighted by molar-refractivity contribution is 6.31. The number of nitrogens with zero attached hydrogens (tertiary/aromatic N) is 4. The monoisotopic (exact) mass is 493 g/mol. The molecule has 1 aliphatic rings. The van der Waals surface area contributed by atoms with E-state index < -0.39 is 5.82 Å². The normalized spacial score (nSPS) is 14.2. The van der Waals surface area contributed by atoms with Gasteiger partial charge in [0.15, 0.2) is 5.82 Å². The molecule has 1 aliphatic heterocycles. The molecule has 5 rings (SSSR count). The lowest BCUT2D eigenvalue weighted by Gasteiger charge is -2.26. The Kier molecular flexibility index (Phi) is 7.32. The number of hydrogen-bond acceptors (Lipinski definition) is 7. The topological polar surface area (TPSA) is 72.4 Å². The number of morpholine rings is 1. The second-order valence-electron chi connectivity index (χ2n) is 8.23. The van der Waals surface area contributed by atoms with Crippen LogP contribution in [-0.2, 0) is 4.74 Å². The SMILES string of the molecule is Fc1ccc(Nc2nc(-c3cccnc3)nc3ccc(OCCCN4CCOCC4)cc23)cc1Cl. The first-order valence-corrected chi connectivity index (χ1v) is 11.9. The van der Waals surface area contributed by atoms with Crippen molar-refractivity contribution < 1.29 is 13.9 Å². The van der Waals surface area contributed by atoms with Crippen molar-refractivity contribution in [2.75, 3.05) is 44.8 Å². The van der Waals surface area contributed by atoms with E-state index in [4.69, 9.17) is 31.0 Å². The molecular weight excluding hydrogens is 469 g/mol. The fourth-order valence-electron chi connectivity index (χ4n) is 3.93. The van der Waals surface area contributed by atoms with Crippen molar-refractivity contribution in [3.8, 4) is 17.1 Å². The summed E-state index contributed by atoms with van der Waals surface area (Å²) in [6.45, 7) is 5.10. The molecular formula is C26H25ClFN5O2. The Morgan fingerprint density at radius 2 is 1.97 bits per heavy atom. The molecule has 0 aliphatic carbocycles. The van der Waals surface area contributed by atoms with Gasteiger partial charge in [-0.2, -0.15) is 0 Å². The van der Waals surface area contributed by atoms with Gasteiger partial charge in [0.25, 0.3) is 0 Å². The quantitative estimate of drug-likeness (QED) is 0.333. The number of pyridine rings is 1. The number of benzene rings is 2. The van der Waals surface area contributed by atoms with Crippen LogP contribution in [-0.4, -0.2) is 59.3 Å². The molecule has 2 aromatic heterocycles. The molecule has 180 valence electrons. The number of nitrogens with one attached hydrogen (secondary N) is 1. The second-order valence-corrected chi connectivity index (χ2v) is 8.63. The Balaban J connectivity index is 1.40. The van der Waals surface area contributed by atoms with Crippen molar-refractivity contribution >= 4 is 34.0 Å². The number of halogens is 2. The summed E-state index contributed by atoms with van der Waals surface area (Å²) < 4.78 is 25.1. The largest absolute Gasteiger partial charge is 0.494 e. The summed E-state index contributed by atoms with van der Waals surface area (Å²) in [5, 5.41) is 4.08. The zero-order valence-corrected chi connectivity index (χ0v) is 19.8. The lowest BCUT2D eigenvalue weighted by atomic mass is 10.2. The first-order chi connectivity index (χ1) is 17.2. The lowest BCUT2D eigenvalue weighted by molar-refractivity contribution is 0.0358. The fourth-order valence-corrected chi connectivity index (χ4v) is 4.11. The minimum Gasteiger partial charge on any atom is -0.494 e. The average molecular weight is 494 g/mol. The third-order valence-corrected chi connectivity index (χ3v) is 6.05. The number of anilines is 2. The minimum atomic E-state index is -0.478. The summed E-state index contributed by atoms with van der Waals surface area (Å²) in [5.74, 6) is 1.35. The van der Waals surface area contributed by atoms with Gasteiger partial charge in [-0.15, -0.1) is 0 Å². The van der Waals surface area contributed by atoms with E-state index in [0.29, 0.717) is 23.9 Å². The summed E-state index contributed by atoms with van der Waals surface area (Å²) in [5.41, 5.74) is 2.15. The highest BCUT2D eigenvalue weighted by Crippen LogP contribution is 2.31. The molecule has 1 N–H and O–H groups in total. The highest BCUT2D eigenvalue weighted by atomic mass is 35.5. The van der Waals surface area contributed by atoms with Gasteiger partial charge < -0.3 is 14.8 Å². The van der Waals surface area contributed by atoms with E-state index in [1.807, 2.05) is 30.3 Å². The van der Waals surface area contributed by atoms with Gasteiger partial charge in [0.1, 0.15) is 17.4 Å². The van der Waals surface area contributed by atoms with Gasteiger partial charge >= 0.3 is 0 Å². The van der Waals surface area contributed by atoms with Crippen LogP contribution in [0.5, 0.6) is 5.75 Å². The molecule has 1 saturated heterocycles. The van der Waals surface area contributed by atoms with E-state index in [1.165, 1.54) is 12.1 Å². The van der Waals surface area contributed by atoms with E-state index in [0.717, 1.165) is 61.5 Å². The molecule has 7 nitrogen and oxygen atoms in total. The molecule has 0 saturated carbocycles. The molecule has 0 spiro atoms. The van der Waals surface area contributed by atoms with Crippen LogP contribution in [0.15, 0.2) is 60.9 Å². The number of ether oxygens (including phenoxy) is 2. The Morgan fingerprint density at radius 3 is 2.77 bits per heavy atom. The van der Waals surface area contributed by atoms with Gasteiger partial charge in [0, 0.05) is 48.7 Å². The van der Waals surface area contributed by atoms with Crippen LogP contribution in [0.25, 0.3) is 22.3 Å². The van der Waals surface area contributed by atoms with Gasteiger partial charge in [0.05, 0.1) is 30.4 Å². The molecule has 3 heterocycles. The van der Waals surface area contributed by atoms with E-state index in [9.17, 15) is 4.39 Å². The predicted octanol–water partition coefficient (Wildman–Crippen LogP) is 5.33. The third-order valence-electron chi connectivity index (χ3n) is 5.76. The van der Waals surface area contributed by atoms with Gasteiger partial charge in [-0.1, -0.05) is 11.6 Å². The predicted molar refractivity (Wildman–Crippen MR) is 135 cm³/mol. The Hall–Kier alpha value is -3.33. The van der Waals surface area contributed by atoms with Crippen LogP contribution in [0.1, 0.15) is 6.42 Å². The summed E-state index contributed by atoms with van der Waals surface area (Å²) in [6.07, 6.45) is 4.34. The standard InChI is InChI=1S/C26H25ClFN5O2/c27-22-15-19(4-6-23(22)28)30-26-21-16-20(35-12-2-9-33-10-13-34-14-11-33)5-7-24(21)31-25(32-26)18-3-1-8-29-17-18/h1,3-8,15-17H,2,9-14H2,(H,30,31,32). The third kappa shape index (κ3) is 5.85. The second kappa shape index (κ2) is 10.9. The van der Waals surface area contributed by atoms with Crippen molar-refractivity contribution in [2.24, 2.45) is 0 Å². The molecule has 0 atom stereocenters. The maximum absolute atomic E-state index is 13.7. The van der Waals surface area contributed by atoms with Crippen LogP contribution in [0.2, 0.25) is 5.02 Å². The molecule has 9 heteroatoms. The lowest BCUT2D eigenvalue weighted by Crippen LogP contribution is -2.37.